The van der Waals surface area contributed by atoms with Crippen LogP contribution in [-0.2, 0) is 0 Å². The highest BCUT2D eigenvalue weighted by molar-refractivity contribution is 8.84. The molecule has 1 atom stereocenters. The van der Waals surface area contributed by atoms with Gasteiger partial charge in [-0.05, 0) is 16.4 Å². The quantitative estimate of drug-likeness (QED) is 0.516. The van der Waals surface area contributed by atoms with Gasteiger partial charge in [-0.25, -0.2) is 0 Å². The van der Waals surface area contributed by atoms with Crippen LogP contribution in [0.3, 0.4) is 0 Å². The van der Waals surface area contributed by atoms with Crippen molar-refractivity contribution < 1.29 is 0 Å². The highest BCUT2D eigenvalue weighted by Gasteiger charge is 2.23. The molecule has 1 aliphatic rings. The molecule has 62 valence electrons. The van der Waals surface area contributed by atoms with Gasteiger partial charge < -0.3 is 0 Å². The Morgan fingerprint density at radius 3 is 2.58 bits per heavy atom. The fraction of sp³-hybridized carbons (Fsp3) is 0.222. The molecule has 1 aromatic carbocycles. The summed E-state index contributed by atoms with van der Waals surface area (Å²) in [7, 11) is 3.61. The van der Waals surface area contributed by atoms with Gasteiger partial charge in [-0.3, -0.25) is 0 Å². The molecule has 0 bridgehead atoms. The van der Waals surface area contributed by atoms with Gasteiger partial charge in [0, 0.05) is 11.7 Å². The van der Waals surface area contributed by atoms with E-state index in [4.69, 9.17) is 12.2 Å². The van der Waals surface area contributed by atoms with Gasteiger partial charge in [0.1, 0.15) is 0 Å². The van der Waals surface area contributed by atoms with Crippen molar-refractivity contribution in [3.63, 3.8) is 0 Å². The van der Waals surface area contributed by atoms with Crippen LogP contribution in [0.2, 0.25) is 0 Å². The van der Waals surface area contributed by atoms with E-state index in [1.165, 1.54) is 5.56 Å². The molecular formula is C9H8S3. The molecule has 3 heteroatoms. The van der Waals surface area contributed by atoms with Crippen LogP contribution < -0.4 is 0 Å². The van der Waals surface area contributed by atoms with E-state index >= 15 is 0 Å². The van der Waals surface area contributed by atoms with E-state index in [0.717, 1.165) is 9.95 Å². The summed E-state index contributed by atoms with van der Waals surface area (Å²) in [6.07, 6.45) is 0. The first-order valence-corrected chi connectivity index (χ1v) is 6.49. The lowest BCUT2D eigenvalue weighted by atomic mass is 10.0. The Morgan fingerprint density at radius 2 is 2.00 bits per heavy atom. The largest absolute Gasteiger partial charge is 0.0874 e. The standard InChI is InChI=1S/C9H8S3/c10-9-8(6-11-12-9)7-4-2-1-3-5-7/h1-5,8H,6H2. The molecule has 1 aromatic rings. The predicted molar refractivity (Wildman–Crippen MR) is 61.8 cm³/mol. The lowest BCUT2D eigenvalue weighted by Crippen LogP contribution is -2.02. The van der Waals surface area contributed by atoms with Crippen molar-refractivity contribution in [2.75, 3.05) is 5.75 Å². The molecule has 0 saturated carbocycles. The maximum Gasteiger partial charge on any atom is 0.0670 e. The minimum Gasteiger partial charge on any atom is -0.0874 e. The van der Waals surface area contributed by atoms with Crippen LogP contribution in [0, 0.1) is 0 Å². The van der Waals surface area contributed by atoms with Gasteiger partial charge in [-0.2, -0.15) is 0 Å². The van der Waals surface area contributed by atoms with E-state index in [0.29, 0.717) is 5.92 Å². The van der Waals surface area contributed by atoms with Gasteiger partial charge in [0.25, 0.3) is 0 Å². The smallest absolute Gasteiger partial charge is 0.0670 e. The summed E-state index contributed by atoms with van der Waals surface area (Å²) in [4.78, 5) is 0. The Hall–Kier alpha value is 0.01000. The van der Waals surface area contributed by atoms with E-state index in [2.05, 4.69) is 24.3 Å². The summed E-state index contributed by atoms with van der Waals surface area (Å²) in [5, 5.41) is 0. The van der Waals surface area contributed by atoms with Crippen molar-refractivity contribution in [1.82, 2.24) is 0 Å². The summed E-state index contributed by atoms with van der Waals surface area (Å²) >= 11 is 5.26. The van der Waals surface area contributed by atoms with Gasteiger partial charge in [-0.15, -0.1) is 0 Å². The van der Waals surface area contributed by atoms with Gasteiger partial charge >= 0.3 is 0 Å². The maximum atomic E-state index is 5.26. The van der Waals surface area contributed by atoms with Gasteiger partial charge in [-0.1, -0.05) is 53.3 Å². The second kappa shape index (κ2) is 3.81. The lowest BCUT2D eigenvalue weighted by Gasteiger charge is -2.06. The zero-order chi connectivity index (χ0) is 8.39. The summed E-state index contributed by atoms with van der Waals surface area (Å²) < 4.78 is 1.13. The molecule has 1 fully saturated rings. The van der Waals surface area contributed by atoms with Gasteiger partial charge in [0.15, 0.2) is 0 Å². The molecule has 1 saturated heterocycles. The zero-order valence-corrected chi connectivity index (χ0v) is 8.85. The van der Waals surface area contributed by atoms with Crippen LogP contribution in [0.5, 0.6) is 0 Å². The second-order valence-corrected chi connectivity index (χ2v) is 5.73. The molecular weight excluding hydrogens is 204 g/mol. The first kappa shape index (κ1) is 8.60. The Morgan fingerprint density at radius 1 is 1.25 bits per heavy atom. The molecule has 0 amide bonds. The van der Waals surface area contributed by atoms with E-state index < -0.39 is 0 Å². The summed E-state index contributed by atoms with van der Waals surface area (Å²) in [6.45, 7) is 0. The van der Waals surface area contributed by atoms with E-state index in [-0.39, 0.29) is 0 Å². The highest BCUT2D eigenvalue weighted by Crippen LogP contribution is 2.42. The average Bonchev–Trinajstić information content (AvgIpc) is 2.53. The van der Waals surface area contributed by atoms with Crippen molar-refractivity contribution in [3.8, 4) is 0 Å². The molecule has 0 radical (unpaired) electrons. The van der Waals surface area contributed by atoms with Crippen LogP contribution in [0.1, 0.15) is 11.5 Å². The number of hydrogen-bond acceptors (Lipinski definition) is 3. The first-order chi connectivity index (χ1) is 5.88. The highest BCUT2D eigenvalue weighted by atomic mass is 33.1. The third-order valence-electron chi connectivity index (χ3n) is 1.86. The summed E-state index contributed by atoms with van der Waals surface area (Å²) in [5.74, 6) is 1.63. The molecule has 0 N–H and O–H groups in total. The monoisotopic (exact) mass is 212 g/mol. The van der Waals surface area contributed by atoms with Crippen molar-refractivity contribution in [2.24, 2.45) is 0 Å². The zero-order valence-electron chi connectivity index (χ0n) is 6.40. The molecule has 1 heterocycles. The van der Waals surface area contributed by atoms with Gasteiger partial charge in [0.2, 0.25) is 0 Å². The van der Waals surface area contributed by atoms with Crippen molar-refractivity contribution in [3.05, 3.63) is 35.9 Å². The van der Waals surface area contributed by atoms with Crippen LogP contribution in [0.4, 0.5) is 0 Å². The van der Waals surface area contributed by atoms with Gasteiger partial charge in [0.05, 0.1) is 4.20 Å². The van der Waals surface area contributed by atoms with Crippen molar-refractivity contribution >= 4 is 38.0 Å². The number of benzene rings is 1. The summed E-state index contributed by atoms with van der Waals surface area (Å²) in [5.41, 5.74) is 1.36. The van der Waals surface area contributed by atoms with E-state index in [1.807, 2.05) is 16.9 Å². The molecule has 2 rings (SSSR count). The predicted octanol–water partition coefficient (Wildman–Crippen LogP) is 3.49. The Balaban J connectivity index is 2.25. The molecule has 0 nitrogen and oxygen atoms in total. The first-order valence-electron chi connectivity index (χ1n) is 3.76. The normalized spacial score (nSPS) is 23.0. The third-order valence-corrected chi connectivity index (χ3v) is 5.05. The third kappa shape index (κ3) is 1.68. The molecule has 12 heavy (non-hydrogen) atoms. The van der Waals surface area contributed by atoms with Crippen LogP contribution in [-0.4, -0.2) is 9.95 Å². The Kier molecular flexibility index (Phi) is 2.73. The Bertz CT molecular complexity index is 281. The van der Waals surface area contributed by atoms with E-state index in [1.54, 1.807) is 10.8 Å². The lowest BCUT2D eigenvalue weighted by molar-refractivity contribution is 1.08. The fourth-order valence-corrected chi connectivity index (χ4v) is 4.39. The summed E-state index contributed by atoms with van der Waals surface area (Å²) in [6, 6.07) is 10.5. The molecule has 1 unspecified atom stereocenters. The fourth-order valence-electron chi connectivity index (χ4n) is 1.20. The SMILES string of the molecule is S=C1SSCC1c1ccccc1. The van der Waals surface area contributed by atoms with Crippen molar-refractivity contribution in [1.29, 1.82) is 0 Å². The van der Waals surface area contributed by atoms with E-state index in [9.17, 15) is 0 Å². The molecule has 1 aliphatic heterocycles. The van der Waals surface area contributed by atoms with Crippen LogP contribution >= 0.6 is 33.8 Å². The minimum absolute atomic E-state index is 0.496. The van der Waals surface area contributed by atoms with Crippen LogP contribution in [0.25, 0.3) is 0 Å². The van der Waals surface area contributed by atoms with Crippen molar-refractivity contribution in [2.45, 2.75) is 5.92 Å². The topological polar surface area (TPSA) is 0 Å². The molecule has 0 aliphatic carbocycles. The Labute approximate surface area is 85.5 Å². The number of rotatable bonds is 1. The van der Waals surface area contributed by atoms with Crippen LogP contribution in [0.15, 0.2) is 30.3 Å². The average molecular weight is 212 g/mol. The molecule has 0 aromatic heterocycles. The number of thiocarbonyl (C=S) groups is 1. The minimum atomic E-state index is 0.496. The molecule has 0 spiro atoms. The second-order valence-electron chi connectivity index (χ2n) is 2.65. The number of hydrogen-bond donors (Lipinski definition) is 0. The maximum absolute atomic E-state index is 5.26.